The van der Waals surface area contributed by atoms with Gasteiger partial charge in [0.2, 0.25) is 0 Å². The molecule has 20 heteroatoms. The number of hydrogen-bond donors (Lipinski definition) is 0. The van der Waals surface area contributed by atoms with Crippen molar-refractivity contribution in [2.75, 3.05) is 0 Å². The highest BCUT2D eigenvalue weighted by Gasteiger charge is 2.70. The minimum atomic E-state index is -2.90. The molecule has 0 bridgehead atoms. The SMILES string of the molecule is CC(C)[Si]1(C(C)C)O[Si](C(C)C)(C(C)C)O[Si](C(C)C)(C(C)C)O[Si](C(C)C)(C(C)C)O[Si](C(C)C)(C(C)C)O1.CC[Si]1(C(C)C)O[Si](CC)(C(C)C)O[Si](CC)(C(C)C)O[Si](CC)(C(C)C)O[Si](CC)(C(C)C)O1. The van der Waals surface area contributed by atoms with Crippen LogP contribution in [0.25, 0.3) is 0 Å². The van der Waals surface area contributed by atoms with Crippen LogP contribution in [0.4, 0.5) is 0 Å². The Balaban J connectivity index is 0.000000757. The molecule has 0 unspecified atom stereocenters. The first-order valence-electron chi connectivity index (χ1n) is 31.0. The molecule has 0 aromatic rings. The maximum absolute atomic E-state index is 7.91. The zero-order valence-electron chi connectivity index (χ0n) is 56.3. The van der Waals surface area contributed by atoms with Gasteiger partial charge in [-0.15, -0.1) is 0 Å². The van der Waals surface area contributed by atoms with Gasteiger partial charge in [0.05, 0.1) is 0 Å². The lowest BCUT2D eigenvalue weighted by molar-refractivity contribution is 0.174. The minimum Gasteiger partial charge on any atom is -0.415 e. The summed E-state index contributed by atoms with van der Waals surface area (Å²) in [6, 6.07) is 4.61. The monoisotopic (exact) mass is 1230 g/mol. The molecule has 0 saturated carbocycles. The fourth-order valence-electron chi connectivity index (χ4n) is 12.5. The topological polar surface area (TPSA) is 92.3 Å². The first-order chi connectivity index (χ1) is 34.0. The number of hydrogen-bond acceptors (Lipinski definition) is 10. The fourth-order valence-corrected chi connectivity index (χ4v) is 84.4. The zero-order chi connectivity index (χ0) is 59.3. The summed E-state index contributed by atoms with van der Waals surface area (Å²) in [7, 11) is -27.8. The van der Waals surface area contributed by atoms with E-state index < -0.39 is 85.6 Å². The van der Waals surface area contributed by atoms with E-state index in [4.69, 9.17) is 41.2 Å². The zero-order valence-corrected chi connectivity index (χ0v) is 66.3. The molecule has 2 fully saturated rings. The normalized spacial score (nSPS) is 30.0. The molecule has 0 radical (unpaired) electrons. The Morgan fingerprint density at radius 3 is 0.307 bits per heavy atom. The molecule has 0 aromatic heterocycles. The third-order valence-corrected chi connectivity index (χ3v) is 74.6. The van der Waals surface area contributed by atoms with E-state index in [9.17, 15) is 0 Å². The molecule has 0 amide bonds. The molecule has 75 heavy (non-hydrogen) atoms. The molecule has 2 heterocycles. The molecule has 0 aliphatic carbocycles. The highest BCUT2D eigenvalue weighted by atomic mass is 28.5. The van der Waals surface area contributed by atoms with Gasteiger partial charge in [-0.1, -0.05) is 242 Å². The summed E-state index contributed by atoms with van der Waals surface area (Å²) in [6.45, 7) is 81.1. The van der Waals surface area contributed by atoms with Crippen LogP contribution >= 0.6 is 0 Å². The summed E-state index contributed by atoms with van der Waals surface area (Å²) in [6.07, 6.45) is 0. The van der Waals surface area contributed by atoms with Crippen molar-refractivity contribution >= 4 is 85.6 Å². The standard InChI is InChI=1S/C30H70O5Si5.C25H60O5Si5/c1-21(2)36(22(3)4)31-37(23(5)6,24(7)8)33-39(27(13)14,28(15)16)35-40(29(17)18,30(19)20)34-38(32-36,25(9)10)26(11)12;1-16-31(21(6)7)26-32(17-2,22(8)9)28-34(19-4,24(12)13)30-35(20-5,25(14)15)29-33(18-3,27-31)23(10)11/h21-30H,1-20H3;21-25H,16-20H2,1-15H3. The van der Waals surface area contributed by atoms with Gasteiger partial charge in [-0.3, -0.25) is 0 Å². The van der Waals surface area contributed by atoms with Gasteiger partial charge in [-0.2, -0.15) is 0 Å². The van der Waals surface area contributed by atoms with Crippen LogP contribution in [0.2, 0.25) is 113 Å². The van der Waals surface area contributed by atoms with Crippen molar-refractivity contribution in [2.24, 2.45) is 0 Å². The lowest BCUT2D eigenvalue weighted by atomic mass is 10.5. The third kappa shape index (κ3) is 14.8. The Hall–Kier alpha value is 1.77. The molecule has 0 aromatic carbocycles. The van der Waals surface area contributed by atoms with E-state index >= 15 is 0 Å². The lowest BCUT2D eigenvalue weighted by Crippen LogP contribution is -2.75. The predicted octanol–water partition coefficient (Wildman–Crippen LogP) is 20.8. The summed E-state index contributed by atoms with van der Waals surface area (Å²) in [4.78, 5) is 0. The van der Waals surface area contributed by atoms with Gasteiger partial charge in [0, 0.05) is 0 Å². The van der Waals surface area contributed by atoms with E-state index in [1.807, 2.05) is 0 Å². The molecule has 10 nitrogen and oxygen atoms in total. The first-order valence-corrected chi connectivity index (χ1v) is 51.4. The van der Waals surface area contributed by atoms with Gasteiger partial charge >= 0.3 is 85.6 Å². The molecule has 0 atom stereocenters. The van der Waals surface area contributed by atoms with E-state index in [2.05, 4.69) is 242 Å². The van der Waals surface area contributed by atoms with Crippen LogP contribution in [-0.4, -0.2) is 85.6 Å². The van der Waals surface area contributed by atoms with Crippen LogP contribution in [0, 0.1) is 0 Å². The second kappa shape index (κ2) is 28.6. The maximum Gasteiger partial charge on any atom is 0.325 e. The molecule has 450 valence electrons. The molecule has 2 aliphatic heterocycles. The predicted molar refractivity (Wildman–Crippen MR) is 347 cm³/mol. The average molecular weight is 1230 g/mol. The first kappa shape index (κ1) is 74.8. The Morgan fingerprint density at radius 1 is 0.160 bits per heavy atom. The third-order valence-electron chi connectivity index (χ3n) is 18.2. The van der Waals surface area contributed by atoms with Crippen molar-refractivity contribution in [1.29, 1.82) is 0 Å². The lowest BCUT2D eigenvalue weighted by Gasteiger charge is -2.60. The molecule has 2 saturated heterocycles. The molecule has 0 N–H and O–H groups in total. The second-order valence-corrected chi connectivity index (χ2v) is 72.1. The van der Waals surface area contributed by atoms with Crippen molar-refractivity contribution in [2.45, 2.75) is 356 Å². The van der Waals surface area contributed by atoms with Gasteiger partial charge in [0.15, 0.2) is 0 Å². The molecular weight excluding hydrogens is 1100 g/mol. The molecular formula is C55H130O10Si10. The van der Waals surface area contributed by atoms with Gasteiger partial charge in [0.25, 0.3) is 0 Å². The van der Waals surface area contributed by atoms with E-state index in [1.165, 1.54) is 0 Å². The van der Waals surface area contributed by atoms with E-state index in [0.29, 0.717) is 27.7 Å². The van der Waals surface area contributed by atoms with Crippen molar-refractivity contribution in [3.05, 3.63) is 0 Å². The fraction of sp³-hybridized carbons (Fsp3) is 1.00. The Kier molecular flexibility index (Phi) is 28.5. The molecule has 0 spiro atoms. The van der Waals surface area contributed by atoms with Crippen LogP contribution in [0.15, 0.2) is 0 Å². The highest BCUT2D eigenvalue weighted by molar-refractivity contribution is 6.99. The molecule has 2 aliphatic rings. The van der Waals surface area contributed by atoms with Crippen LogP contribution in [0.5, 0.6) is 0 Å². The second-order valence-electron chi connectivity index (χ2n) is 27.8. The van der Waals surface area contributed by atoms with Crippen molar-refractivity contribution in [3.63, 3.8) is 0 Å². The largest absolute Gasteiger partial charge is 0.415 e. The summed E-state index contributed by atoms with van der Waals surface area (Å²) >= 11 is 0. The van der Waals surface area contributed by atoms with Crippen LogP contribution in [0.3, 0.4) is 0 Å². The average Bonchev–Trinajstić information content (AvgIpc) is 3.29. The summed E-state index contributed by atoms with van der Waals surface area (Å²) in [5.74, 6) is 0. The highest BCUT2D eigenvalue weighted by Crippen LogP contribution is 2.57. The van der Waals surface area contributed by atoms with Crippen LogP contribution < -0.4 is 0 Å². The Bertz CT molecular complexity index is 1340. The van der Waals surface area contributed by atoms with Crippen molar-refractivity contribution in [1.82, 2.24) is 0 Å². The van der Waals surface area contributed by atoms with Crippen LogP contribution in [0.1, 0.15) is 242 Å². The summed E-state index contributed by atoms with van der Waals surface area (Å²) < 4.78 is 77.3. The van der Waals surface area contributed by atoms with E-state index in [-0.39, 0.29) is 55.4 Å². The summed E-state index contributed by atoms with van der Waals surface area (Å²) in [5.41, 5.74) is 4.22. The van der Waals surface area contributed by atoms with Gasteiger partial charge in [0.1, 0.15) is 0 Å². The number of rotatable bonds is 20. The van der Waals surface area contributed by atoms with Gasteiger partial charge < -0.3 is 41.2 Å². The quantitative estimate of drug-likeness (QED) is 0.110. The maximum atomic E-state index is 7.91. The minimum absolute atomic E-state index is 0.261. The van der Waals surface area contributed by atoms with Crippen molar-refractivity contribution < 1.29 is 41.2 Å². The smallest absolute Gasteiger partial charge is 0.325 e. The van der Waals surface area contributed by atoms with Crippen molar-refractivity contribution in [3.8, 4) is 0 Å². The Labute approximate surface area is 479 Å². The van der Waals surface area contributed by atoms with Crippen LogP contribution in [-0.2, 0) is 41.2 Å². The summed E-state index contributed by atoms with van der Waals surface area (Å²) in [5, 5.41) is 0. The van der Waals surface area contributed by atoms with Gasteiger partial charge in [-0.05, 0) is 113 Å². The van der Waals surface area contributed by atoms with Gasteiger partial charge in [-0.25, -0.2) is 0 Å². The van der Waals surface area contributed by atoms with E-state index in [0.717, 1.165) is 30.2 Å². The Morgan fingerprint density at radius 2 is 0.253 bits per heavy atom. The molecule has 2 rings (SSSR count). The van der Waals surface area contributed by atoms with E-state index in [1.54, 1.807) is 0 Å².